The molecule has 0 saturated carbocycles. The molecule has 0 heterocycles. The van der Waals surface area contributed by atoms with Gasteiger partial charge < -0.3 is 9.47 Å². The van der Waals surface area contributed by atoms with Gasteiger partial charge in [0.25, 0.3) is 5.69 Å². The summed E-state index contributed by atoms with van der Waals surface area (Å²) in [4.78, 5) is 34.0. The number of esters is 2. The Labute approximate surface area is 189 Å². The number of rotatable bonds is 9. The van der Waals surface area contributed by atoms with Gasteiger partial charge in [0.05, 0.1) is 27.6 Å². The number of nitro benzene ring substituents is 1. The number of hydrogen-bond donors (Lipinski definition) is 0. The second-order valence-corrected chi connectivity index (χ2v) is 8.99. The van der Waals surface area contributed by atoms with E-state index in [2.05, 4.69) is 0 Å². The lowest BCUT2D eigenvalue weighted by atomic mass is 10.1. The quantitative estimate of drug-likeness (QED) is 0.201. The minimum Gasteiger partial charge on any atom is -0.461 e. The van der Waals surface area contributed by atoms with Gasteiger partial charge in [-0.2, -0.15) is 0 Å². The standard InChI is InChI=1S/C23H19NO8S/c25-22(14-15-33(29,30)21-12-10-19(11-13-21)24(27)28)31-16-17-6-8-18(9-7-17)23(26)32-20-4-2-1-3-5-20/h1-13H,14-16H2. The van der Waals surface area contributed by atoms with Crippen molar-refractivity contribution < 1.29 is 32.4 Å². The molecule has 0 aromatic heterocycles. The second-order valence-electron chi connectivity index (χ2n) is 6.88. The van der Waals surface area contributed by atoms with Gasteiger partial charge >= 0.3 is 11.9 Å². The lowest BCUT2D eigenvalue weighted by molar-refractivity contribution is -0.384. The van der Waals surface area contributed by atoms with E-state index in [4.69, 9.17) is 9.47 Å². The van der Waals surface area contributed by atoms with E-state index in [1.54, 1.807) is 42.5 Å². The van der Waals surface area contributed by atoms with Crippen molar-refractivity contribution in [3.05, 3.63) is 100 Å². The molecular formula is C23H19NO8S. The molecule has 9 nitrogen and oxygen atoms in total. The van der Waals surface area contributed by atoms with E-state index in [0.29, 0.717) is 16.9 Å². The van der Waals surface area contributed by atoms with Crippen molar-refractivity contribution in [3.63, 3.8) is 0 Å². The number of ether oxygens (including phenoxy) is 2. The first-order chi connectivity index (χ1) is 15.7. The highest BCUT2D eigenvalue weighted by Crippen LogP contribution is 2.18. The smallest absolute Gasteiger partial charge is 0.343 e. The van der Waals surface area contributed by atoms with Crippen molar-refractivity contribution in [1.29, 1.82) is 0 Å². The number of benzene rings is 3. The number of nitro groups is 1. The third-order valence-electron chi connectivity index (χ3n) is 4.52. The van der Waals surface area contributed by atoms with Crippen molar-refractivity contribution in [2.24, 2.45) is 0 Å². The van der Waals surface area contributed by atoms with Crippen molar-refractivity contribution in [2.45, 2.75) is 17.9 Å². The molecule has 3 rings (SSSR count). The van der Waals surface area contributed by atoms with Crippen LogP contribution in [-0.4, -0.2) is 31.0 Å². The van der Waals surface area contributed by atoms with Crippen LogP contribution in [-0.2, 0) is 26.0 Å². The Hall–Kier alpha value is -4.05. The molecule has 0 aliphatic rings. The number of sulfone groups is 1. The molecule has 170 valence electrons. The van der Waals surface area contributed by atoms with E-state index in [-0.39, 0.29) is 23.6 Å². The molecule has 0 saturated heterocycles. The first-order valence-electron chi connectivity index (χ1n) is 9.73. The number of nitrogens with zero attached hydrogens (tertiary/aromatic N) is 1. The molecule has 10 heteroatoms. The fourth-order valence-corrected chi connectivity index (χ4v) is 3.96. The second kappa shape index (κ2) is 10.5. The van der Waals surface area contributed by atoms with Gasteiger partial charge in [-0.25, -0.2) is 13.2 Å². The summed E-state index contributed by atoms with van der Waals surface area (Å²) in [7, 11) is -3.80. The molecule has 3 aromatic rings. The number of non-ortho nitro benzene ring substituents is 1. The molecule has 3 aromatic carbocycles. The Kier molecular flexibility index (Phi) is 7.52. The first kappa shape index (κ1) is 23.6. The lowest BCUT2D eigenvalue weighted by Crippen LogP contribution is -2.14. The third kappa shape index (κ3) is 6.71. The van der Waals surface area contributed by atoms with E-state index in [1.165, 1.54) is 12.1 Å². The van der Waals surface area contributed by atoms with Crippen LogP contribution in [0.4, 0.5) is 5.69 Å². The zero-order valence-corrected chi connectivity index (χ0v) is 18.1. The SMILES string of the molecule is O=C(CCS(=O)(=O)c1ccc([N+](=O)[O-])cc1)OCc1ccc(C(=O)Oc2ccccc2)cc1. The molecule has 0 aliphatic heterocycles. The summed E-state index contributed by atoms with van der Waals surface area (Å²) < 4.78 is 34.9. The summed E-state index contributed by atoms with van der Waals surface area (Å²) >= 11 is 0. The summed E-state index contributed by atoms with van der Waals surface area (Å²) in [6.45, 7) is -0.0928. The summed E-state index contributed by atoms with van der Waals surface area (Å²) in [6, 6.07) is 19.3. The van der Waals surface area contributed by atoms with Gasteiger partial charge in [0, 0.05) is 12.1 Å². The van der Waals surface area contributed by atoms with E-state index in [1.807, 2.05) is 0 Å². The fraction of sp³-hybridized carbons (Fsp3) is 0.130. The van der Waals surface area contributed by atoms with Crippen LogP contribution in [0, 0.1) is 10.1 Å². The van der Waals surface area contributed by atoms with Gasteiger partial charge in [0.2, 0.25) is 0 Å². The normalized spacial score (nSPS) is 10.9. The lowest BCUT2D eigenvalue weighted by Gasteiger charge is -2.07. The molecule has 0 fully saturated rings. The Morgan fingerprint density at radius 3 is 2.12 bits per heavy atom. The highest BCUT2D eigenvalue weighted by Gasteiger charge is 2.18. The first-order valence-corrected chi connectivity index (χ1v) is 11.4. The summed E-state index contributed by atoms with van der Waals surface area (Å²) in [5.74, 6) is -1.31. The zero-order valence-electron chi connectivity index (χ0n) is 17.2. The molecule has 0 unspecified atom stereocenters. The van der Waals surface area contributed by atoms with Gasteiger partial charge in [-0.15, -0.1) is 0 Å². The third-order valence-corrected chi connectivity index (χ3v) is 6.26. The van der Waals surface area contributed by atoms with E-state index in [0.717, 1.165) is 24.3 Å². The molecule has 33 heavy (non-hydrogen) atoms. The highest BCUT2D eigenvalue weighted by molar-refractivity contribution is 7.91. The van der Waals surface area contributed by atoms with Gasteiger partial charge in [-0.05, 0) is 42.0 Å². The molecule has 0 radical (unpaired) electrons. The summed E-state index contributed by atoms with van der Waals surface area (Å²) in [5.41, 5.74) is 0.702. The monoisotopic (exact) mass is 469 g/mol. The Morgan fingerprint density at radius 1 is 0.879 bits per heavy atom. The number of carbonyl (C=O) groups excluding carboxylic acids is 2. The fourth-order valence-electron chi connectivity index (χ4n) is 2.74. The van der Waals surface area contributed by atoms with Gasteiger partial charge in [-0.3, -0.25) is 14.9 Å². The average molecular weight is 469 g/mol. The van der Waals surface area contributed by atoms with Crippen molar-refractivity contribution >= 4 is 27.5 Å². The minimum atomic E-state index is -3.80. The largest absolute Gasteiger partial charge is 0.461 e. The maximum atomic E-state index is 12.3. The van der Waals surface area contributed by atoms with Crippen molar-refractivity contribution in [2.75, 3.05) is 5.75 Å². The Balaban J connectivity index is 1.48. The molecule has 0 N–H and O–H groups in total. The molecule has 0 atom stereocenters. The number of hydrogen-bond acceptors (Lipinski definition) is 8. The molecule has 0 spiro atoms. The summed E-state index contributed by atoms with van der Waals surface area (Å²) in [6.07, 6.45) is -0.374. The number of carbonyl (C=O) groups is 2. The number of para-hydroxylation sites is 1. The van der Waals surface area contributed by atoms with Gasteiger partial charge in [0.15, 0.2) is 9.84 Å². The maximum Gasteiger partial charge on any atom is 0.343 e. The van der Waals surface area contributed by atoms with Crippen LogP contribution in [0.15, 0.2) is 83.8 Å². The Bertz CT molecular complexity index is 1240. The minimum absolute atomic E-state index is 0.0928. The summed E-state index contributed by atoms with van der Waals surface area (Å²) in [5, 5.41) is 10.7. The predicted molar refractivity (Wildman–Crippen MR) is 117 cm³/mol. The van der Waals surface area contributed by atoms with Crippen LogP contribution in [0.5, 0.6) is 5.75 Å². The average Bonchev–Trinajstić information content (AvgIpc) is 2.82. The zero-order chi connectivity index (χ0) is 23.8. The molecule has 0 bridgehead atoms. The van der Waals surface area contributed by atoms with E-state index < -0.39 is 32.5 Å². The highest BCUT2D eigenvalue weighted by atomic mass is 32.2. The van der Waals surface area contributed by atoms with Crippen molar-refractivity contribution in [1.82, 2.24) is 0 Å². The molecule has 0 aliphatic carbocycles. The van der Waals surface area contributed by atoms with Crippen molar-refractivity contribution in [3.8, 4) is 5.75 Å². The van der Waals surface area contributed by atoms with Crippen LogP contribution < -0.4 is 4.74 Å². The van der Waals surface area contributed by atoms with E-state index >= 15 is 0 Å². The van der Waals surface area contributed by atoms with Gasteiger partial charge in [0.1, 0.15) is 12.4 Å². The maximum absolute atomic E-state index is 12.3. The predicted octanol–water partition coefficient (Wildman–Crippen LogP) is 3.72. The van der Waals surface area contributed by atoms with Gasteiger partial charge in [-0.1, -0.05) is 30.3 Å². The Morgan fingerprint density at radius 2 is 1.52 bits per heavy atom. The van der Waals surface area contributed by atoms with Crippen LogP contribution in [0.3, 0.4) is 0 Å². The van der Waals surface area contributed by atoms with Crippen LogP contribution in [0.25, 0.3) is 0 Å². The van der Waals surface area contributed by atoms with Crippen LogP contribution in [0.1, 0.15) is 22.3 Å². The molecular weight excluding hydrogens is 450 g/mol. The molecule has 0 amide bonds. The topological polar surface area (TPSA) is 130 Å². The van der Waals surface area contributed by atoms with Crippen LogP contribution in [0.2, 0.25) is 0 Å². The van der Waals surface area contributed by atoms with E-state index in [9.17, 15) is 28.1 Å². The van der Waals surface area contributed by atoms with Crippen LogP contribution >= 0.6 is 0 Å².